The van der Waals surface area contributed by atoms with Gasteiger partial charge in [0.2, 0.25) is 0 Å². The van der Waals surface area contributed by atoms with Gasteiger partial charge in [0.25, 0.3) is 17.1 Å². The molecule has 0 spiro atoms. The molecule has 0 aliphatic rings. The molecule has 0 radical (unpaired) electrons. The third-order valence-electron chi connectivity index (χ3n) is 8.72. The van der Waals surface area contributed by atoms with Crippen molar-refractivity contribution in [2.24, 2.45) is 0 Å². The number of hydrogen-bond donors (Lipinski definition) is 0. The predicted octanol–water partition coefficient (Wildman–Crippen LogP) is 10.5. The molecular weight excluding hydrogens is 698 g/mol. The summed E-state index contributed by atoms with van der Waals surface area (Å²) in [5, 5.41) is 34.2. The van der Waals surface area contributed by atoms with Crippen LogP contribution in [0.1, 0.15) is 87.8 Å². The van der Waals surface area contributed by atoms with Gasteiger partial charge in [0.15, 0.2) is 11.5 Å². The number of nitro benzene ring substituents is 3. The molecule has 0 aliphatic heterocycles. The lowest BCUT2D eigenvalue weighted by molar-refractivity contribution is -0.385. The fourth-order valence-corrected chi connectivity index (χ4v) is 5.71. The molecular formula is C40H47N3O11. The Morgan fingerprint density at radius 2 is 1.04 bits per heavy atom. The second kappa shape index (κ2) is 21.6. The van der Waals surface area contributed by atoms with Crippen LogP contribution in [0.4, 0.5) is 17.1 Å². The van der Waals surface area contributed by atoms with Crippen LogP contribution >= 0.6 is 0 Å². The molecule has 0 fully saturated rings. The predicted molar refractivity (Wildman–Crippen MR) is 203 cm³/mol. The minimum Gasteiger partial charge on any atom is -0.493 e. The molecule has 14 heteroatoms. The van der Waals surface area contributed by atoms with Crippen LogP contribution < -0.4 is 23.7 Å². The van der Waals surface area contributed by atoms with Crippen molar-refractivity contribution in [2.75, 3.05) is 13.7 Å². The van der Waals surface area contributed by atoms with E-state index in [0.717, 1.165) is 24.8 Å². The molecule has 0 N–H and O–H groups in total. The average molecular weight is 746 g/mol. The monoisotopic (exact) mass is 745 g/mol. The first kappa shape index (κ1) is 40.8. The van der Waals surface area contributed by atoms with Crippen molar-refractivity contribution in [3.8, 4) is 28.7 Å². The van der Waals surface area contributed by atoms with Gasteiger partial charge in [0, 0.05) is 29.8 Å². The number of hydrogen-bond acceptors (Lipinski definition) is 11. The molecule has 14 nitrogen and oxygen atoms in total. The van der Waals surface area contributed by atoms with Crippen molar-refractivity contribution in [3.63, 3.8) is 0 Å². The van der Waals surface area contributed by atoms with E-state index < -0.39 is 14.8 Å². The maximum absolute atomic E-state index is 12.2. The Labute approximate surface area is 314 Å². The van der Waals surface area contributed by atoms with Crippen molar-refractivity contribution in [3.05, 3.63) is 126 Å². The van der Waals surface area contributed by atoms with Gasteiger partial charge < -0.3 is 23.7 Å². The SMILES string of the molecule is CCCCCCCCCCCCOc1cc([N+](=O)[O-])c(COc2ccc(COc3ccc([N+](=O)[O-])cc3)cc2COc2ccc([N+](=O)[O-])cc2)cc1OC. The van der Waals surface area contributed by atoms with Crippen LogP contribution in [0.5, 0.6) is 28.7 Å². The van der Waals surface area contributed by atoms with Gasteiger partial charge in [-0.15, -0.1) is 0 Å². The number of rotatable bonds is 25. The van der Waals surface area contributed by atoms with E-state index in [0.29, 0.717) is 40.9 Å². The molecule has 0 unspecified atom stereocenters. The number of nitrogens with zero attached hydrogens (tertiary/aromatic N) is 3. The average Bonchev–Trinajstić information content (AvgIpc) is 3.18. The van der Waals surface area contributed by atoms with Gasteiger partial charge in [-0.2, -0.15) is 0 Å². The van der Waals surface area contributed by atoms with Gasteiger partial charge in [-0.1, -0.05) is 70.8 Å². The van der Waals surface area contributed by atoms with E-state index in [2.05, 4.69) is 6.92 Å². The maximum Gasteiger partial charge on any atom is 0.280 e. The summed E-state index contributed by atoms with van der Waals surface area (Å²) in [4.78, 5) is 32.8. The molecule has 0 heterocycles. The summed E-state index contributed by atoms with van der Waals surface area (Å²) in [5.41, 5.74) is 1.26. The van der Waals surface area contributed by atoms with Crippen LogP contribution in [-0.2, 0) is 19.8 Å². The largest absolute Gasteiger partial charge is 0.493 e. The molecule has 0 aromatic heterocycles. The van der Waals surface area contributed by atoms with Crippen LogP contribution in [0.25, 0.3) is 0 Å². The summed E-state index contributed by atoms with van der Waals surface area (Å²) < 4.78 is 29.4. The van der Waals surface area contributed by atoms with E-state index in [4.69, 9.17) is 23.7 Å². The second-order valence-corrected chi connectivity index (χ2v) is 12.7. The summed E-state index contributed by atoms with van der Waals surface area (Å²) >= 11 is 0. The summed E-state index contributed by atoms with van der Waals surface area (Å²) in [6, 6.07) is 19.5. The number of nitro groups is 3. The third-order valence-corrected chi connectivity index (χ3v) is 8.72. The Hall–Kier alpha value is -5.92. The number of benzene rings is 4. The van der Waals surface area contributed by atoms with Gasteiger partial charge >= 0.3 is 0 Å². The lowest BCUT2D eigenvalue weighted by Crippen LogP contribution is -2.07. The van der Waals surface area contributed by atoms with E-state index in [1.54, 1.807) is 24.3 Å². The van der Waals surface area contributed by atoms with E-state index in [1.165, 1.54) is 107 Å². The minimum atomic E-state index is -0.504. The fourth-order valence-electron chi connectivity index (χ4n) is 5.71. The van der Waals surface area contributed by atoms with E-state index in [-0.39, 0.29) is 42.4 Å². The Morgan fingerprint density at radius 3 is 1.57 bits per heavy atom. The molecule has 0 atom stereocenters. The van der Waals surface area contributed by atoms with Gasteiger partial charge in [-0.05, 0) is 54.4 Å². The molecule has 0 bridgehead atoms. The highest BCUT2D eigenvalue weighted by Crippen LogP contribution is 2.36. The van der Waals surface area contributed by atoms with Crippen molar-refractivity contribution >= 4 is 17.1 Å². The summed E-state index contributed by atoms with van der Waals surface area (Å²) in [6.07, 6.45) is 11.8. The quantitative estimate of drug-likeness (QED) is 0.0358. The first-order valence-corrected chi connectivity index (χ1v) is 18.2. The molecule has 288 valence electrons. The Morgan fingerprint density at radius 1 is 0.500 bits per heavy atom. The van der Waals surface area contributed by atoms with E-state index >= 15 is 0 Å². The Kier molecular flexibility index (Phi) is 16.3. The zero-order valence-corrected chi connectivity index (χ0v) is 30.7. The maximum atomic E-state index is 12.2. The van der Waals surface area contributed by atoms with Gasteiger partial charge in [-0.3, -0.25) is 30.3 Å². The highest BCUT2D eigenvalue weighted by molar-refractivity contribution is 5.54. The van der Waals surface area contributed by atoms with Gasteiger partial charge in [0.1, 0.15) is 37.1 Å². The molecule has 0 amide bonds. The first-order valence-electron chi connectivity index (χ1n) is 18.2. The Bertz CT molecular complexity index is 1820. The Balaban J connectivity index is 1.43. The first-order chi connectivity index (χ1) is 26.2. The second-order valence-electron chi connectivity index (χ2n) is 12.7. The van der Waals surface area contributed by atoms with Crippen LogP contribution in [0, 0.1) is 30.3 Å². The smallest absolute Gasteiger partial charge is 0.280 e. The standard InChI is InChI=1S/C40H47N3O11/c1-3-4-5-6-7-8-9-10-11-12-23-51-40-26-37(43(48)49)31(25-39(40)50-2)28-54-38-22-13-30(27-52-35-18-14-33(15-19-35)41(44)45)24-32(38)29-53-36-20-16-34(17-21-36)42(46)47/h13-22,24-26H,3-12,23,27-29H2,1-2H3. The third kappa shape index (κ3) is 12.9. The minimum absolute atomic E-state index is 0.00430. The summed E-state index contributed by atoms with van der Waals surface area (Å²) in [5.74, 6) is 1.84. The number of methoxy groups -OCH3 is 1. The van der Waals surface area contributed by atoms with Gasteiger partial charge in [0.05, 0.1) is 40.1 Å². The number of unbranched alkanes of at least 4 members (excludes halogenated alkanes) is 9. The van der Waals surface area contributed by atoms with Crippen LogP contribution in [0.3, 0.4) is 0 Å². The molecule has 4 aromatic rings. The topological polar surface area (TPSA) is 176 Å². The normalized spacial score (nSPS) is 10.8. The van der Waals surface area contributed by atoms with Crippen LogP contribution in [-0.4, -0.2) is 28.5 Å². The van der Waals surface area contributed by atoms with E-state index in [1.807, 2.05) is 0 Å². The highest BCUT2D eigenvalue weighted by atomic mass is 16.6. The summed E-state index contributed by atoms with van der Waals surface area (Å²) in [7, 11) is 1.48. The van der Waals surface area contributed by atoms with Crippen LogP contribution in [0.2, 0.25) is 0 Å². The molecule has 0 saturated carbocycles. The number of ether oxygens (including phenoxy) is 5. The zero-order valence-electron chi connectivity index (χ0n) is 30.7. The zero-order chi connectivity index (χ0) is 38.7. The van der Waals surface area contributed by atoms with E-state index in [9.17, 15) is 30.3 Å². The highest BCUT2D eigenvalue weighted by Gasteiger charge is 2.21. The van der Waals surface area contributed by atoms with Crippen LogP contribution in [0.15, 0.2) is 78.9 Å². The molecule has 4 rings (SSSR count). The van der Waals surface area contributed by atoms with Crippen molar-refractivity contribution in [1.82, 2.24) is 0 Å². The molecule has 0 aliphatic carbocycles. The lowest BCUT2D eigenvalue weighted by atomic mass is 10.1. The van der Waals surface area contributed by atoms with Crippen molar-refractivity contribution in [1.29, 1.82) is 0 Å². The van der Waals surface area contributed by atoms with Crippen molar-refractivity contribution in [2.45, 2.75) is 91.0 Å². The lowest BCUT2D eigenvalue weighted by Gasteiger charge is -2.16. The number of non-ortho nitro benzene ring substituents is 2. The van der Waals surface area contributed by atoms with Gasteiger partial charge in [-0.25, -0.2) is 0 Å². The fraction of sp³-hybridized carbons (Fsp3) is 0.400. The molecule has 0 saturated heterocycles. The molecule has 4 aromatic carbocycles. The summed E-state index contributed by atoms with van der Waals surface area (Å²) in [6.45, 7) is 2.57. The molecule has 54 heavy (non-hydrogen) atoms. The van der Waals surface area contributed by atoms with Crippen molar-refractivity contribution < 1.29 is 38.5 Å².